The van der Waals surface area contributed by atoms with Crippen LogP contribution in [0.1, 0.15) is 38.7 Å². The summed E-state index contributed by atoms with van der Waals surface area (Å²) in [6.07, 6.45) is 1.40. The van der Waals surface area contributed by atoms with Gasteiger partial charge in [-0.2, -0.15) is 0 Å². The highest BCUT2D eigenvalue weighted by atomic mass is 16.5. The lowest BCUT2D eigenvalue weighted by atomic mass is 9.95. The van der Waals surface area contributed by atoms with Crippen LogP contribution in [0.15, 0.2) is 59.6 Å². The largest absolute Gasteiger partial charge is 0.480 e. The maximum atomic E-state index is 12.8. The third kappa shape index (κ3) is 8.36. The maximum Gasteiger partial charge on any atom is 0.408 e. The van der Waals surface area contributed by atoms with Crippen LogP contribution in [0.3, 0.4) is 0 Å². The van der Waals surface area contributed by atoms with Crippen LogP contribution >= 0.6 is 0 Å². The molecule has 2 aromatic carbocycles. The zero-order valence-corrected chi connectivity index (χ0v) is 23.0. The number of piperidine rings is 1. The maximum absolute atomic E-state index is 12.8. The van der Waals surface area contributed by atoms with Gasteiger partial charge in [0.15, 0.2) is 5.96 Å². The van der Waals surface area contributed by atoms with Crippen LogP contribution < -0.4 is 26.2 Å². The number of amides is 2. The van der Waals surface area contributed by atoms with E-state index in [0.717, 1.165) is 35.9 Å². The Balaban J connectivity index is 1.22. The topological polar surface area (TPSA) is 144 Å². The van der Waals surface area contributed by atoms with Crippen molar-refractivity contribution in [1.29, 1.82) is 0 Å². The Morgan fingerprint density at radius 3 is 2.58 bits per heavy atom. The van der Waals surface area contributed by atoms with E-state index in [4.69, 9.17) is 4.74 Å². The number of aliphatic imine (C=N–C) groups is 1. The Labute approximate surface area is 234 Å². The second kappa shape index (κ2) is 13.2. The highest BCUT2D eigenvalue weighted by Gasteiger charge is 2.28. The van der Waals surface area contributed by atoms with E-state index in [9.17, 15) is 19.5 Å². The van der Waals surface area contributed by atoms with Crippen molar-refractivity contribution < 1.29 is 24.2 Å². The lowest BCUT2D eigenvalue weighted by Crippen LogP contribution is -2.50. The minimum absolute atomic E-state index is 0.00360. The number of alkyl carbamates (subject to hydrolysis) is 1. The van der Waals surface area contributed by atoms with E-state index in [2.05, 4.69) is 51.1 Å². The molecule has 5 N–H and O–H groups in total. The van der Waals surface area contributed by atoms with Gasteiger partial charge in [-0.3, -0.25) is 9.79 Å². The molecule has 1 atom stereocenters. The number of ether oxygens (including phenoxy) is 1. The predicted octanol–water partition coefficient (Wildman–Crippen LogP) is 2.94. The molecular formula is C29H38N6O5. The van der Waals surface area contributed by atoms with E-state index in [1.54, 1.807) is 12.1 Å². The van der Waals surface area contributed by atoms with Gasteiger partial charge in [-0.1, -0.05) is 36.4 Å². The molecule has 4 rings (SSSR count). The molecule has 2 aromatic rings. The number of nitrogens with one attached hydrogen (secondary N) is 4. The molecule has 2 amide bonds. The van der Waals surface area contributed by atoms with E-state index < -0.39 is 18.1 Å². The summed E-state index contributed by atoms with van der Waals surface area (Å²) in [5.41, 5.74) is 2.78. The zero-order valence-electron chi connectivity index (χ0n) is 23.0. The molecule has 0 aliphatic carbocycles. The van der Waals surface area contributed by atoms with Crippen molar-refractivity contribution in [3.05, 3.63) is 60.2 Å². The second-order valence-corrected chi connectivity index (χ2v) is 10.8. The molecule has 214 valence electrons. The van der Waals surface area contributed by atoms with Crippen molar-refractivity contribution in [2.24, 2.45) is 10.9 Å². The number of carbonyl (C=O) groups excluding carboxylic acids is 2. The van der Waals surface area contributed by atoms with Crippen molar-refractivity contribution in [3.63, 3.8) is 0 Å². The summed E-state index contributed by atoms with van der Waals surface area (Å²) in [6, 6.07) is 15.9. The highest BCUT2D eigenvalue weighted by Crippen LogP contribution is 2.26. The monoisotopic (exact) mass is 550 g/mol. The van der Waals surface area contributed by atoms with E-state index in [0.29, 0.717) is 25.9 Å². The molecule has 1 fully saturated rings. The van der Waals surface area contributed by atoms with Crippen molar-refractivity contribution in [1.82, 2.24) is 16.0 Å². The van der Waals surface area contributed by atoms with Crippen LogP contribution in [-0.4, -0.2) is 66.8 Å². The molecule has 0 saturated carbocycles. The van der Waals surface area contributed by atoms with Crippen LogP contribution in [0.2, 0.25) is 0 Å². The molecule has 0 spiro atoms. The first-order chi connectivity index (χ1) is 19.2. The first kappa shape index (κ1) is 28.7. The summed E-state index contributed by atoms with van der Waals surface area (Å²) in [7, 11) is 0. The predicted molar refractivity (Wildman–Crippen MR) is 153 cm³/mol. The molecule has 1 saturated heterocycles. The number of benzene rings is 2. The number of guanidine groups is 1. The Morgan fingerprint density at radius 1 is 1.12 bits per heavy atom. The van der Waals surface area contributed by atoms with Crippen LogP contribution in [-0.2, 0) is 20.9 Å². The van der Waals surface area contributed by atoms with Gasteiger partial charge in [-0.05, 0) is 56.9 Å². The van der Waals surface area contributed by atoms with Crippen molar-refractivity contribution in [2.75, 3.05) is 36.4 Å². The van der Waals surface area contributed by atoms with E-state index in [1.807, 2.05) is 36.4 Å². The second-order valence-electron chi connectivity index (χ2n) is 10.8. The summed E-state index contributed by atoms with van der Waals surface area (Å²) in [5.74, 6) is -0.939. The third-order valence-corrected chi connectivity index (χ3v) is 7.09. The van der Waals surface area contributed by atoms with Crippen LogP contribution in [0, 0.1) is 5.92 Å². The highest BCUT2D eigenvalue weighted by molar-refractivity contribution is 5.95. The van der Waals surface area contributed by atoms with Gasteiger partial charge in [-0.25, -0.2) is 9.59 Å². The first-order valence-corrected chi connectivity index (χ1v) is 13.6. The van der Waals surface area contributed by atoms with Gasteiger partial charge in [0.05, 0.1) is 0 Å². The van der Waals surface area contributed by atoms with Crippen LogP contribution in [0.25, 0.3) is 0 Å². The Kier molecular flexibility index (Phi) is 9.47. The molecular weight excluding hydrogens is 512 g/mol. The smallest absolute Gasteiger partial charge is 0.408 e. The molecule has 0 bridgehead atoms. The van der Waals surface area contributed by atoms with Gasteiger partial charge in [0.1, 0.15) is 12.6 Å². The van der Waals surface area contributed by atoms with Gasteiger partial charge in [0.25, 0.3) is 0 Å². The summed E-state index contributed by atoms with van der Waals surface area (Å²) in [5, 5.41) is 21.3. The van der Waals surface area contributed by atoms with Crippen molar-refractivity contribution in [3.8, 4) is 0 Å². The lowest BCUT2D eigenvalue weighted by Gasteiger charge is -2.34. The quantitative estimate of drug-likeness (QED) is 0.321. The van der Waals surface area contributed by atoms with Crippen LogP contribution in [0.4, 0.5) is 16.2 Å². The Bertz CT molecular complexity index is 1210. The van der Waals surface area contributed by atoms with E-state index >= 15 is 0 Å². The Hall–Kier alpha value is -4.28. The molecule has 2 aliphatic heterocycles. The number of hydrogen-bond donors (Lipinski definition) is 5. The summed E-state index contributed by atoms with van der Waals surface area (Å²) in [4.78, 5) is 43.3. The van der Waals surface area contributed by atoms with E-state index in [1.165, 1.54) is 0 Å². The fourth-order valence-corrected chi connectivity index (χ4v) is 4.71. The van der Waals surface area contributed by atoms with Gasteiger partial charge in [0, 0.05) is 49.0 Å². The van der Waals surface area contributed by atoms with Gasteiger partial charge < -0.3 is 36.0 Å². The fourth-order valence-electron chi connectivity index (χ4n) is 4.71. The zero-order chi connectivity index (χ0) is 28.5. The normalized spacial score (nSPS) is 17.6. The average Bonchev–Trinajstić information content (AvgIpc) is 2.94. The SMILES string of the molecule is CC1(C)CCN=C(Nc2cccc(N3CCC(C(=O)NCC(NC(=O)OCc4ccccc4)C(=O)O)CC3)c2)N1. The molecule has 0 aromatic heterocycles. The van der Waals surface area contributed by atoms with Crippen LogP contribution in [0.5, 0.6) is 0 Å². The Morgan fingerprint density at radius 2 is 1.88 bits per heavy atom. The standard InChI is InChI=1S/C29H38N6O5/c1-29(2)13-14-30-27(34-29)32-22-9-6-10-23(17-22)35-15-11-21(12-16-35)25(36)31-18-24(26(37)38)33-28(39)40-19-20-7-4-3-5-8-20/h3-10,17,21,24H,11-16,18-19H2,1-2H3,(H,31,36)(H,33,39)(H,37,38)(H2,30,32,34). The number of aliphatic carboxylic acids is 1. The first-order valence-electron chi connectivity index (χ1n) is 13.6. The number of anilines is 2. The van der Waals surface area contributed by atoms with Gasteiger partial charge in [-0.15, -0.1) is 0 Å². The van der Waals surface area contributed by atoms with E-state index in [-0.39, 0.29) is 30.5 Å². The van der Waals surface area contributed by atoms with Gasteiger partial charge in [0.2, 0.25) is 5.91 Å². The number of carbonyl (C=O) groups is 3. The molecule has 40 heavy (non-hydrogen) atoms. The molecule has 2 heterocycles. The third-order valence-electron chi connectivity index (χ3n) is 7.09. The fraction of sp³-hybridized carbons (Fsp3) is 0.448. The summed E-state index contributed by atoms with van der Waals surface area (Å²) < 4.78 is 5.10. The number of carboxylic acid groups (broad SMARTS) is 1. The molecule has 2 aliphatic rings. The summed E-state index contributed by atoms with van der Waals surface area (Å²) in [6.45, 7) is 6.27. The molecule has 0 radical (unpaired) electrons. The number of rotatable bonds is 9. The number of nitrogens with zero attached hydrogens (tertiary/aromatic N) is 2. The average molecular weight is 551 g/mol. The van der Waals surface area contributed by atoms with Gasteiger partial charge >= 0.3 is 12.1 Å². The lowest BCUT2D eigenvalue weighted by molar-refractivity contribution is -0.139. The van der Waals surface area contributed by atoms with Crippen molar-refractivity contribution >= 4 is 35.3 Å². The minimum atomic E-state index is -1.30. The number of hydrogen-bond acceptors (Lipinski definition) is 8. The number of carboxylic acids is 1. The molecule has 1 unspecified atom stereocenters. The minimum Gasteiger partial charge on any atom is -0.480 e. The molecule has 11 nitrogen and oxygen atoms in total. The molecule has 11 heteroatoms. The summed E-state index contributed by atoms with van der Waals surface area (Å²) >= 11 is 0. The van der Waals surface area contributed by atoms with Crippen molar-refractivity contribution in [2.45, 2.75) is 51.3 Å².